The molecule has 3 amide bonds. The summed E-state index contributed by atoms with van der Waals surface area (Å²) in [7, 11) is 0. The Morgan fingerprint density at radius 3 is 2.96 bits per heavy atom. The number of nitrogens with zero attached hydrogens (tertiary/aromatic N) is 2. The second-order valence-electron chi connectivity index (χ2n) is 4.49. The van der Waals surface area contributed by atoms with Gasteiger partial charge in [-0.1, -0.05) is 11.8 Å². The van der Waals surface area contributed by atoms with E-state index in [0.717, 1.165) is 16.7 Å². The lowest BCUT2D eigenvalue weighted by atomic mass is 10.3. The highest BCUT2D eigenvalue weighted by Gasteiger charge is 2.28. The normalized spacial score (nSPS) is 14.7. The van der Waals surface area contributed by atoms with Crippen LogP contribution in [0.5, 0.6) is 0 Å². The zero-order valence-corrected chi connectivity index (χ0v) is 12.9. The van der Waals surface area contributed by atoms with Crippen LogP contribution in [0.2, 0.25) is 0 Å². The van der Waals surface area contributed by atoms with Gasteiger partial charge in [-0.3, -0.25) is 19.3 Å². The molecule has 0 spiro atoms. The van der Waals surface area contributed by atoms with E-state index in [0.29, 0.717) is 5.76 Å². The van der Waals surface area contributed by atoms with E-state index in [1.165, 1.54) is 12.5 Å². The molecule has 1 saturated heterocycles. The number of rotatable bonds is 7. The van der Waals surface area contributed by atoms with Gasteiger partial charge in [0.25, 0.3) is 11.1 Å². The number of nitrogens with one attached hydrogen (secondary N) is 2. The first-order chi connectivity index (χ1) is 11.1. The number of thioether (sulfide) groups is 1. The summed E-state index contributed by atoms with van der Waals surface area (Å²) in [6, 6.07) is 5.18. The van der Waals surface area contributed by atoms with Gasteiger partial charge < -0.3 is 15.1 Å². The van der Waals surface area contributed by atoms with Crippen molar-refractivity contribution in [3.05, 3.63) is 35.9 Å². The Morgan fingerprint density at radius 2 is 2.35 bits per heavy atom. The van der Waals surface area contributed by atoms with Crippen LogP contribution < -0.4 is 10.6 Å². The van der Waals surface area contributed by atoms with Crippen LogP contribution in [-0.2, 0) is 16.1 Å². The lowest BCUT2D eigenvalue weighted by molar-refractivity contribution is -0.124. The third-order valence-electron chi connectivity index (χ3n) is 2.94. The van der Waals surface area contributed by atoms with E-state index in [1.807, 2.05) is 0 Å². The SMILES string of the molecule is N#C/C(=C/NCCN1C(=O)CSC1=O)C(=O)NCc1ccco1. The summed E-state index contributed by atoms with van der Waals surface area (Å²) in [4.78, 5) is 35.7. The van der Waals surface area contributed by atoms with Crippen LogP contribution in [0.25, 0.3) is 0 Å². The molecule has 2 N–H and O–H groups in total. The number of nitriles is 1. The molecule has 8 nitrogen and oxygen atoms in total. The van der Waals surface area contributed by atoms with Crippen LogP contribution in [0, 0.1) is 11.3 Å². The van der Waals surface area contributed by atoms with Gasteiger partial charge in [-0.2, -0.15) is 5.26 Å². The zero-order chi connectivity index (χ0) is 16.7. The Kier molecular flexibility index (Phi) is 5.82. The van der Waals surface area contributed by atoms with Crippen molar-refractivity contribution in [1.82, 2.24) is 15.5 Å². The van der Waals surface area contributed by atoms with Crippen molar-refractivity contribution in [2.45, 2.75) is 6.54 Å². The van der Waals surface area contributed by atoms with Gasteiger partial charge in [0.05, 0.1) is 18.6 Å². The number of carbonyl (C=O) groups is 3. The molecule has 0 unspecified atom stereocenters. The summed E-state index contributed by atoms with van der Waals surface area (Å²) in [5.41, 5.74) is -0.106. The molecule has 0 radical (unpaired) electrons. The highest BCUT2D eigenvalue weighted by molar-refractivity contribution is 8.14. The Morgan fingerprint density at radius 1 is 1.52 bits per heavy atom. The van der Waals surface area contributed by atoms with Crippen LogP contribution in [0.1, 0.15) is 5.76 Å². The summed E-state index contributed by atoms with van der Waals surface area (Å²) in [6.45, 7) is 0.626. The van der Waals surface area contributed by atoms with E-state index < -0.39 is 5.91 Å². The van der Waals surface area contributed by atoms with E-state index in [1.54, 1.807) is 18.2 Å². The molecule has 1 aromatic rings. The van der Waals surface area contributed by atoms with Crippen molar-refractivity contribution in [1.29, 1.82) is 5.26 Å². The quantitative estimate of drug-likeness (QED) is 0.426. The van der Waals surface area contributed by atoms with Gasteiger partial charge in [0.2, 0.25) is 5.91 Å². The highest BCUT2D eigenvalue weighted by atomic mass is 32.2. The average molecular weight is 334 g/mol. The molecule has 0 aromatic carbocycles. The fourth-order valence-electron chi connectivity index (χ4n) is 1.77. The van der Waals surface area contributed by atoms with Crippen LogP contribution in [0.3, 0.4) is 0 Å². The van der Waals surface area contributed by atoms with Gasteiger partial charge >= 0.3 is 0 Å². The first-order valence-corrected chi connectivity index (χ1v) is 7.71. The number of hydrogen-bond acceptors (Lipinski definition) is 7. The predicted molar refractivity (Wildman–Crippen MR) is 81.8 cm³/mol. The monoisotopic (exact) mass is 334 g/mol. The molecule has 0 bridgehead atoms. The number of carbonyl (C=O) groups excluding carboxylic acids is 3. The minimum atomic E-state index is -0.541. The van der Waals surface area contributed by atoms with E-state index in [2.05, 4.69) is 10.6 Å². The maximum Gasteiger partial charge on any atom is 0.288 e. The fourth-order valence-corrected chi connectivity index (χ4v) is 2.52. The summed E-state index contributed by atoms with van der Waals surface area (Å²) in [5, 5.41) is 14.0. The molecule has 120 valence electrons. The van der Waals surface area contributed by atoms with Gasteiger partial charge in [-0.15, -0.1) is 0 Å². The standard InChI is InChI=1S/C14H14N4O4S/c15-6-10(13(20)17-8-11-2-1-5-22-11)7-16-3-4-18-12(19)9-23-14(18)21/h1-2,5,7,16H,3-4,8-9H2,(H,17,20)/b10-7-. The summed E-state index contributed by atoms with van der Waals surface area (Å²) in [6.07, 6.45) is 2.75. The predicted octanol–water partition coefficient (Wildman–Crippen LogP) is 0.588. The van der Waals surface area contributed by atoms with Crippen LogP contribution in [-0.4, -0.2) is 40.8 Å². The van der Waals surface area contributed by atoms with E-state index in [-0.39, 0.29) is 42.1 Å². The molecule has 0 atom stereocenters. The number of hydrogen-bond donors (Lipinski definition) is 2. The number of furan rings is 1. The first-order valence-electron chi connectivity index (χ1n) is 6.73. The zero-order valence-electron chi connectivity index (χ0n) is 12.1. The smallest absolute Gasteiger partial charge is 0.288 e. The van der Waals surface area contributed by atoms with Gasteiger partial charge in [-0.25, -0.2) is 0 Å². The molecule has 2 heterocycles. The van der Waals surface area contributed by atoms with Crippen molar-refractivity contribution in [3.63, 3.8) is 0 Å². The number of amides is 3. The van der Waals surface area contributed by atoms with Gasteiger partial charge in [0.15, 0.2) is 0 Å². The first kappa shape index (κ1) is 16.6. The third kappa shape index (κ3) is 4.62. The second kappa shape index (κ2) is 8.05. The molecular weight excluding hydrogens is 320 g/mol. The van der Waals surface area contributed by atoms with Crippen LogP contribution in [0.15, 0.2) is 34.6 Å². The molecule has 1 aromatic heterocycles. The topological polar surface area (TPSA) is 115 Å². The van der Waals surface area contributed by atoms with E-state index in [9.17, 15) is 14.4 Å². The van der Waals surface area contributed by atoms with Gasteiger partial charge in [0, 0.05) is 19.3 Å². The van der Waals surface area contributed by atoms with Crippen molar-refractivity contribution in [2.75, 3.05) is 18.8 Å². The van der Waals surface area contributed by atoms with Crippen molar-refractivity contribution < 1.29 is 18.8 Å². The largest absolute Gasteiger partial charge is 0.467 e. The van der Waals surface area contributed by atoms with Crippen LogP contribution >= 0.6 is 11.8 Å². The number of imide groups is 1. The molecule has 23 heavy (non-hydrogen) atoms. The lowest BCUT2D eigenvalue weighted by Gasteiger charge is -2.12. The summed E-state index contributed by atoms with van der Waals surface area (Å²) < 4.78 is 5.07. The maximum atomic E-state index is 11.8. The molecule has 1 fully saturated rings. The Balaban J connectivity index is 1.77. The Bertz CT molecular complexity index is 647. The molecule has 1 aliphatic heterocycles. The van der Waals surface area contributed by atoms with E-state index in [4.69, 9.17) is 9.68 Å². The summed E-state index contributed by atoms with van der Waals surface area (Å²) >= 11 is 0.961. The molecule has 2 rings (SSSR count). The van der Waals surface area contributed by atoms with Gasteiger partial charge in [-0.05, 0) is 12.1 Å². The molecular formula is C14H14N4O4S. The third-order valence-corrected chi connectivity index (χ3v) is 3.79. The maximum absolute atomic E-state index is 11.8. The van der Waals surface area contributed by atoms with Crippen molar-refractivity contribution in [2.24, 2.45) is 0 Å². The average Bonchev–Trinajstić information content (AvgIpc) is 3.17. The minimum absolute atomic E-state index is 0.106. The lowest BCUT2D eigenvalue weighted by Crippen LogP contribution is -2.34. The second-order valence-corrected chi connectivity index (χ2v) is 5.41. The molecule has 1 aliphatic rings. The summed E-state index contributed by atoms with van der Waals surface area (Å²) in [5.74, 6) is -0.0391. The molecule has 0 saturated carbocycles. The molecule has 9 heteroatoms. The Hall–Kier alpha value is -2.73. The minimum Gasteiger partial charge on any atom is -0.467 e. The fraction of sp³-hybridized carbons (Fsp3) is 0.286. The molecule has 0 aliphatic carbocycles. The van der Waals surface area contributed by atoms with Gasteiger partial charge in [0.1, 0.15) is 17.4 Å². The van der Waals surface area contributed by atoms with Crippen molar-refractivity contribution >= 4 is 28.8 Å². The van der Waals surface area contributed by atoms with Crippen molar-refractivity contribution in [3.8, 4) is 6.07 Å². The van der Waals surface area contributed by atoms with E-state index >= 15 is 0 Å². The van der Waals surface area contributed by atoms with Crippen LogP contribution in [0.4, 0.5) is 4.79 Å². The Labute approximate surface area is 136 Å². The highest BCUT2D eigenvalue weighted by Crippen LogP contribution is 2.17.